The molecule has 6 heteroatoms. The molecule has 0 bridgehead atoms. The third-order valence-corrected chi connectivity index (χ3v) is 2.88. The molecule has 0 aliphatic carbocycles. The largest absolute Gasteiger partial charge is 0.323 e. The number of hydrogen-bond donors (Lipinski definition) is 1. The summed E-state index contributed by atoms with van der Waals surface area (Å²) in [7, 11) is 0. The Hall–Kier alpha value is -0.510. The Balaban J connectivity index is 2.96. The van der Waals surface area contributed by atoms with Gasteiger partial charge in [-0.2, -0.15) is 5.26 Å². The number of amides is 1. The summed E-state index contributed by atoms with van der Waals surface area (Å²) in [6, 6.07) is 4.97. The minimum absolute atomic E-state index is 0.199. The molecule has 3 nitrogen and oxygen atoms in total. The zero-order chi connectivity index (χ0) is 11.4. The lowest BCUT2D eigenvalue weighted by molar-refractivity contribution is -0.115. The van der Waals surface area contributed by atoms with Crippen LogP contribution in [-0.4, -0.2) is 5.91 Å². The summed E-state index contributed by atoms with van der Waals surface area (Å²) < 4.78 is 0.733. The summed E-state index contributed by atoms with van der Waals surface area (Å²) in [5, 5.41) is 11.7. The topological polar surface area (TPSA) is 52.9 Å². The van der Waals surface area contributed by atoms with Crippen molar-refractivity contribution in [2.45, 2.75) is 6.42 Å². The Morgan fingerprint density at radius 2 is 2.20 bits per heavy atom. The van der Waals surface area contributed by atoms with Crippen LogP contribution in [0.25, 0.3) is 0 Å². The molecule has 0 aliphatic rings. The molecule has 0 radical (unpaired) electrons. The van der Waals surface area contributed by atoms with Crippen molar-refractivity contribution in [3.05, 3.63) is 25.7 Å². The maximum absolute atomic E-state index is 11.2. The van der Waals surface area contributed by atoms with E-state index in [1.807, 2.05) is 22.6 Å². The molecule has 0 saturated heterocycles. The van der Waals surface area contributed by atoms with Crippen molar-refractivity contribution in [2.24, 2.45) is 0 Å². The summed E-state index contributed by atoms with van der Waals surface area (Å²) in [6.45, 7) is 0. The number of halogens is 3. The van der Waals surface area contributed by atoms with E-state index in [0.29, 0.717) is 15.7 Å². The van der Waals surface area contributed by atoms with Crippen LogP contribution in [0.1, 0.15) is 6.42 Å². The second-order valence-electron chi connectivity index (χ2n) is 2.63. The van der Waals surface area contributed by atoms with Gasteiger partial charge in [0, 0.05) is 8.59 Å². The van der Waals surface area contributed by atoms with Gasteiger partial charge >= 0.3 is 0 Å². The lowest BCUT2D eigenvalue weighted by Crippen LogP contribution is -2.11. The highest BCUT2D eigenvalue weighted by atomic mass is 127. The van der Waals surface area contributed by atoms with Crippen molar-refractivity contribution < 1.29 is 4.79 Å². The maximum Gasteiger partial charge on any atom is 0.238 e. The van der Waals surface area contributed by atoms with Crippen molar-refractivity contribution in [3.63, 3.8) is 0 Å². The zero-order valence-electron chi connectivity index (χ0n) is 7.35. The molecule has 0 fully saturated rings. The van der Waals surface area contributed by atoms with E-state index in [1.165, 1.54) is 6.07 Å². The number of anilines is 1. The number of carbonyl (C=O) groups is 1. The molecule has 1 N–H and O–H groups in total. The molecule has 0 unspecified atom stereocenters. The lowest BCUT2D eigenvalue weighted by Gasteiger charge is -2.08. The molecule has 15 heavy (non-hydrogen) atoms. The summed E-state index contributed by atoms with van der Waals surface area (Å²) in [5.41, 5.74) is 0.488. The number of rotatable bonds is 2. The third-order valence-electron chi connectivity index (χ3n) is 1.51. The highest BCUT2D eigenvalue weighted by molar-refractivity contribution is 14.1. The molecule has 1 aromatic rings. The summed E-state index contributed by atoms with van der Waals surface area (Å²) in [5.74, 6) is -0.389. The predicted octanol–water partition coefficient (Wildman–Crippen LogP) is 3.45. The highest BCUT2D eigenvalue weighted by Crippen LogP contribution is 2.31. The fraction of sp³-hybridized carbons (Fsp3) is 0.111. The van der Waals surface area contributed by atoms with Crippen LogP contribution >= 0.6 is 45.8 Å². The minimum Gasteiger partial charge on any atom is -0.323 e. The number of nitrogens with zero attached hydrogens (tertiary/aromatic N) is 1. The van der Waals surface area contributed by atoms with Gasteiger partial charge in [-0.05, 0) is 34.7 Å². The van der Waals surface area contributed by atoms with E-state index < -0.39 is 0 Å². The van der Waals surface area contributed by atoms with Gasteiger partial charge in [-0.3, -0.25) is 4.79 Å². The van der Waals surface area contributed by atoms with Crippen molar-refractivity contribution in [3.8, 4) is 6.07 Å². The van der Waals surface area contributed by atoms with Crippen molar-refractivity contribution in [1.29, 1.82) is 5.26 Å². The molecular formula is C9H5Cl2IN2O. The number of hydrogen-bond acceptors (Lipinski definition) is 2. The van der Waals surface area contributed by atoms with Crippen molar-refractivity contribution >= 4 is 57.4 Å². The van der Waals surface area contributed by atoms with E-state index in [4.69, 9.17) is 28.5 Å². The molecule has 78 valence electrons. The van der Waals surface area contributed by atoms with Crippen LogP contribution in [0.15, 0.2) is 12.1 Å². The van der Waals surface area contributed by atoms with Crippen LogP contribution in [0.2, 0.25) is 10.0 Å². The molecule has 0 aliphatic heterocycles. The average molecular weight is 355 g/mol. The molecule has 1 amide bonds. The quantitative estimate of drug-likeness (QED) is 0.827. The summed E-state index contributed by atoms with van der Waals surface area (Å²) >= 11 is 13.7. The first-order valence-electron chi connectivity index (χ1n) is 3.86. The van der Waals surface area contributed by atoms with Gasteiger partial charge in [-0.1, -0.05) is 23.2 Å². The first kappa shape index (κ1) is 12.6. The summed E-state index contributed by atoms with van der Waals surface area (Å²) in [4.78, 5) is 11.2. The van der Waals surface area contributed by atoms with Gasteiger partial charge in [0.2, 0.25) is 5.91 Å². The third kappa shape index (κ3) is 3.52. The zero-order valence-corrected chi connectivity index (χ0v) is 11.0. The number of carbonyl (C=O) groups excluding carboxylic acids is 1. The van der Waals surface area contributed by atoms with Gasteiger partial charge in [-0.15, -0.1) is 0 Å². The van der Waals surface area contributed by atoms with E-state index in [2.05, 4.69) is 5.32 Å². The maximum atomic E-state index is 11.2. The van der Waals surface area contributed by atoms with E-state index >= 15 is 0 Å². The lowest BCUT2D eigenvalue weighted by atomic mass is 10.3. The van der Waals surface area contributed by atoms with Gasteiger partial charge < -0.3 is 5.32 Å². The first-order chi connectivity index (χ1) is 7.04. The molecule has 0 atom stereocenters. The molecule has 0 spiro atoms. The van der Waals surface area contributed by atoms with Gasteiger partial charge in [0.25, 0.3) is 0 Å². The Labute approximate surface area is 110 Å². The molecule has 1 aromatic carbocycles. The van der Waals surface area contributed by atoms with Crippen LogP contribution in [0.3, 0.4) is 0 Å². The highest BCUT2D eigenvalue weighted by Gasteiger charge is 2.10. The first-order valence-corrected chi connectivity index (χ1v) is 5.69. The fourth-order valence-corrected chi connectivity index (χ4v) is 2.56. The van der Waals surface area contributed by atoms with E-state index in [-0.39, 0.29) is 12.3 Å². The van der Waals surface area contributed by atoms with Gasteiger partial charge in [0.15, 0.2) is 0 Å². The van der Waals surface area contributed by atoms with Crippen LogP contribution in [0.4, 0.5) is 5.69 Å². The van der Waals surface area contributed by atoms with E-state index in [9.17, 15) is 4.79 Å². The monoisotopic (exact) mass is 354 g/mol. The molecule has 0 saturated carbocycles. The van der Waals surface area contributed by atoms with Crippen LogP contribution < -0.4 is 5.32 Å². The fourth-order valence-electron chi connectivity index (χ4n) is 0.917. The van der Waals surface area contributed by atoms with Crippen LogP contribution in [0, 0.1) is 14.9 Å². The van der Waals surface area contributed by atoms with E-state index in [1.54, 1.807) is 12.1 Å². The number of nitrogens with one attached hydrogen (secondary N) is 1. The second kappa shape index (κ2) is 5.54. The Morgan fingerprint density at radius 1 is 1.53 bits per heavy atom. The molecule has 0 heterocycles. The minimum atomic E-state index is -0.389. The van der Waals surface area contributed by atoms with Crippen molar-refractivity contribution in [2.75, 3.05) is 5.32 Å². The SMILES string of the molecule is N#CCC(=O)Nc1c(Cl)cc(Cl)cc1I. The molecule has 0 aromatic heterocycles. The molecule has 1 rings (SSSR count). The van der Waals surface area contributed by atoms with Crippen molar-refractivity contribution in [1.82, 2.24) is 0 Å². The number of benzene rings is 1. The van der Waals surface area contributed by atoms with Gasteiger partial charge in [-0.25, -0.2) is 0 Å². The van der Waals surface area contributed by atoms with Crippen LogP contribution in [0.5, 0.6) is 0 Å². The van der Waals surface area contributed by atoms with Gasteiger partial charge in [0.05, 0.1) is 16.8 Å². The number of nitriles is 1. The summed E-state index contributed by atoms with van der Waals surface area (Å²) in [6.07, 6.45) is -0.199. The normalized spacial score (nSPS) is 9.47. The average Bonchev–Trinajstić information content (AvgIpc) is 2.11. The van der Waals surface area contributed by atoms with Crippen LogP contribution in [-0.2, 0) is 4.79 Å². The van der Waals surface area contributed by atoms with Gasteiger partial charge in [0.1, 0.15) is 6.42 Å². The Morgan fingerprint density at radius 3 is 2.73 bits per heavy atom. The predicted molar refractivity (Wildman–Crippen MR) is 68.0 cm³/mol. The Kier molecular flexibility index (Phi) is 4.64. The van der Waals surface area contributed by atoms with E-state index in [0.717, 1.165) is 3.57 Å². The standard InChI is InChI=1S/C9H5Cl2IN2O/c10-5-3-6(11)9(7(12)4-5)14-8(15)1-2-13/h3-4H,1H2,(H,14,15). The Bertz CT molecular complexity index is 419. The second-order valence-corrected chi connectivity index (χ2v) is 4.63. The molecular weight excluding hydrogens is 350 g/mol. The smallest absolute Gasteiger partial charge is 0.238 e.